The first-order valence-corrected chi connectivity index (χ1v) is 8.30. The van der Waals surface area contributed by atoms with E-state index < -0.39 is 0 Å². The highest BCUT2D eigenvalue weighted by molar-refractivity contribution is 5.65. The van der Waals surface area contributed by atoms with Gasteiger partial charge in [-0.3, -0.25) is 0 Å². The minimum Gasteiger partial charge on any atom is -0.338 e. The van der Waals surface area contributed by atoms with E-state index in [0.29, 0.717) is 0 Å². The molecule has 0 bridgehead atoms. The quantitative estimate of drug-likeness (QED) is 0.618. The highest BCUT2D eigenvalue weighted by atomic mass is 14.9. The molecule has 0 saturated heterocycles. The fourth-order valence-electron chi connectivity index (χ4n) is 2.55. The third-order valence-corrected chi connectivity index (χ3v) is 4.27. The molecule has 0 amide bonds. The summed E-state index contributed by atoms with van der Waals surface area (Å²) in [4.78, 5) is 7.94. The summed E-state index contributed by atoms with van der Waals surface area (Å²) in [5.74, 6) is 1.64. The van der Waals surface area contributed by atoms with Gasteiger partial charge in [-0.1, -0.05) is 68.8 Å². The normalized spacial score (nSPS) is 12.3. The zero-order valence-corrected chi connectivity index (χ0v) is 13.8. The molecule has 0 spiro atoms. The number of H-pyrrole nitrogens is 1. The second-order valence-electron chi connectivity index (χ2n) is 6.09. The molecule has 117 valence electrons. The number of rotatable bonds is 6. The summed E-state index contributed by atoms with van der Waals surface area (Å²) >= 11 is 0. The van der Waals surface area contributed by atoms with Crippen molar-refractivity contribution in [1.29, 1.82) is 0 Å². The van der Waals surface area contributed by atoms with Crippen molar-refractivity contribution in [3.8, 4) is 22.6 Å². The van der Waals surface area contributed by atoms with Crippen LogP contribution in [0.25, 0.3) is 22.6 Å². The summed E-state index contributed by atoms with van der Waals surface area (Å²) in [5, 5.41) is 0. The average Bonchev–Trinajstić information content (AvgIpc) is 3.11. The van der Waals surface area contributed by atoms with Gasteiger partial charge in [-0.05, 0) is 36.0 Å². The van der Waals surface area contributed by atoms with Gasteiger partial charge in [-0.25, -0.2) is 4.98 Å². The van der Waals surface area contributed by atoms with Crippen molar-refractivity contribution >= 4 is 0 Å². The fourth-order valence-corrected chi connectivity index (χ4v) is 2.55. The molecule has 23 heavy (non-hydrogen) atoms. The standard InChI is InChI=1S/C21H23N2/c1-3-16(2)12-13-17-8-7-11-19(14-17)20-15-22-21(23-20)18-9-5-4-6-10-18/h4-11,13-16H,3,12H2,1-2H3,(H,22,23). The number of hydrogen-bond donors (Lipinski definition) is 1. The maximum Gasteiger partial charge on any atom is 0.137 e. The lowest BCUT2D eigenvalue weighted by molar-refractivity contribution is 0.558. The van der Waals surface area contributed by atoms with E-state index in [0.717, 1.165) is 29.4 Å². The number of imidazole rings is 1. The molecular formula is C21H23N2. The smallest absolute Gasteiger partial charge is 0.137 e. The van der Waals surface area contributed by atoms with Gasteiger partial charge >= 0.3 is 0 Å². The van der Waals surface area contributed by atoms with Crippen LogP contribution in [0.2, 0.25) is 0 Å². The lowest BCUT2D eigenvalue weighted by Crippen LogP contribution is -1.93. The lowest BCUT2D eigenvalue weighted by Gasteiger charge is -2.08. The molecular weight excluding hydrogens is 280 g/mol. The van der Waals surface area contributed by atoms with Crippen molar-refractivity contribution in [2.75, 3.05) is 0 Å². The zero-order chi connectivity index (χ0) is 16.1. The van der Waals surface area contributed by atoms with Crippen LogP contribution in [0.3, 0.4) is 0 Å². The summed E-state index contributed by atoms with van der Waals surface area (Å²) in [6.45, 7) is 4.53. The maximum absolute atomic E-state index is 4.51. The molecule has 0 aliphatic heterocycles. The summed E-state index contributed by atoms with van der Waals surface area (Å²) in [6, 6.07) is 18.8. The molecule has 0 fully saturated rings. The topological polar surface area (TPSA) is 28.7 Å². The Labute approximate surface area is 138 Å². The van der Waals surface area contributed by atoms with E-state index in [1.807, 2.05) is 24.4 Å². The Morgan fingerprint density at radius 2 is 1.83 bits per heavy atom. The van der Waals surface area contributed by atoms with Crippen LogP contribution >= 0.6 is 0 Å². The van der Waals surface area contributed by atoms with Crippen LogP contribution in [0.1, 0.15) is 32.3 Å². The van der Waals surface area contributed by atoms with E-state index >= 15 is 0 Å². The van der Waals surface area contributed by atoms with Crippen LogP contribution in [-0.2, 0) is 0 Å². The number of nitrogens with zero attached hydrogens (tertiary/aromatic N) is 1. The van der Waals surface area contributed by atoms with E-state index in [9.17, 15) is 0 Å². The van der Waals surface area contributed by atoms with Gasteiger partial charge in [-0.15, -0.1) is 0 Å². The van der Waals surface area contributed by atoms with Crippen molar-refractivity contribution < 1.29 is 0 Å². The van der Waals surface area contributed by atoms with Gasteiger partial charge in [0.05, 0.1) is 11.9 Å². The minimum atomic E-state index is 0.732. The van der Waals surface area contributed by atoms with Crippen molar-refractivity contribution in [2.45, 2.75) is 26.7 Å². The molecule has 3 rings (SSSR count). The van der Waals surface area contributed by atoms with Crippen molar-refractivity contribution in [1.82, 2.24) is 9.97 Å². The van der Waals surface area contributed by atoms with E-state index in [1.54, 1.807) is 0 Å². The van der Waals surface area contributed by atoms with Crippen molar-refractivity contribution in [3.05, 3.63) is 72.8 Å². The van der Waals surface area contributed by atoms with Crippen molar-refractivity contribution in [3.63, 3.8) is 0 Å². The highest BCUT2D eigenvalue weighted by Gasteiger charge is 2.06. The second-order valence-corrected chi connectivity index (χ2v) is 6.09. The summed E-state index contributed by atoms with van der Waals surface area (Å²) in [6.07, 6.45) is 6.58. The van der Waals surface area contributed by atoms with Crippen LogP contribution in [0.5, 0.6) is 0 Å². The van der Waals surface area contributed by atoms with Crippen LogP contribution in [0.4, 0.5) is 0 Å². The molecule has 1 aromatic heterocycles. The van der Waals surface area contributed by atoms with Gasteiger partial charge in [0.15, 0.2) is 0 Å². The first-order valence-electron chi connectivity index (χ1n) is 8.30. The van der Waals surface area contributed by atoms with Gasteiger partial charge in [-0.2, -0.15) is 0 Å². The Morgan fingerprint density at radius 1 is 1.04 bits per heavy atom. The molecule has 2 nitrogen and oxygen atoms in total. The Balaban J connectivity index is 1.78. The Morgan fingerprint density at radius 3 is 2.61 bits per heavy atom. The van der Waals surface area contributed by atoms with E-state index in [1.165, 1.54) is 17.5 Å². The van der Waals surface area contributed by atoms with Gasteiger partial charge in [0, 0.05) is 5.56 Å². The molecule has 1 N–H and O–H groups in total. The highest BCUT2D eigenvalue weighted by Crippen LogP contribution is 2.24. The number of benzene rings is 2. The van der Waals surface area contributed by atoms with E-state index in [4.69, 9.17) is 0 Å². The van der Waals surface area contributed by atoms with E-state index in [2.05, 4.69) is 66.6 Å². The van der Waals surface area contributed by atoms with Crippen LogP contribution < -0.4 is 0 Å². The summed E-state index contributed by atoms with van der Waals surface area (Å²) in [5.41, 5.74) is 4.62. The molecule has 0 saturated carbocycles. The van der Waals surface area contributed by atoms with Gasteiger partial charge < -0.3 is 4.98 Å². The Kier molecular flexibility index (Phi) is 4.92. The first kappa shape index (κ1) is 15.5. The molecule has 1 unspecified atom stereocenters. The van der Waals surface area contributed by atoms with Crippen LogP contribution in [-0.4, -0.2) is 9.97 Å². The first-order chi connectivity index (χ1) is 11.3. The van der Waals surface area contributed by atoms with Gasteiger partial charge in [0.25, 0.3) is 0 Å². The molecule has 1 atom stereocenters. The maximum atomic E-state index is 4.51. The van der Waals surface area contributed by atoms with Crippen LogP contribution in [0.15, 0.2) is 60.8 Å². The Hall–Kier alpha value is -2.35. The zero-order valence-electron chi connectivity index (χ0n) is 13.8. The minimum absolute atomic E-state index is 0.732. The summed E-state index contributed by atoms with van der Waals surface area (Å²) < 4.78 is 0. The molecule has 1 heterocycles. The molecule has 2 heteroatoms. The molecule has 1 radical (unpaired) electrons. The number of hydrogen-bond acceptors (Lipinski definition) is 1. The number of nitrogens with one attached hydrogen (secondary N) is 1. The van der Waals surface area contributed by atoms with Crippen molar-refractivity contribution in [2.24, 2.45) is 5.92 Å². The summed E-state index contributed by atoms with van der Waals surface area (Å²) in [7, 11) is 0. The van der Waals surface area contributed by atoms with Gasteiger partial charge in [0.1, 0.15) is 5.82 Å². The predicted octanol–water partition coefficient (Wildman–Crippen LogP) is 5.73. The van der Waals surface area contributed by atoms with Crippen LogP contribution in [0, 0.1) is 12.3 Å². The lowest BCUT2D eigenvalue weighted by atomic mass is 9.98. The monoisotopic (exact) mass is 303 g/mol. The Bertz CT molecular complexity index is 743. The number of aromatic nitrogens is 2. The molecule has 0 aliphatic carbocycles. The predicted molar refractivity (Wildman–Crippen MR) is 96.9 cm³/mol. The third-order valence-electron chi connectivity index (χ3n) is 4.27. The van der Waals surface area contributed by atoms with E-state index in [-0.39, 0.29) is 0 Å². The molecule has 0 aliphatic rings. The fraction of sp³-hybridized carbons (Fsp3) is 0.238. The molecule has 2 aromatic carbocycles. The average molecular weight is 303 g/mol. The SMILES string of the molecule is CCC(C)C[CH]c1cccc(-c2cnc(-c3ccccc3)[nH]2)c1. The number of aromatic amines is 1. The largest absolute Gasteiger partial charge is 0.338 e. The molecule has 3 aromatic rings. The third kappa shape index (κ3) is 3.89. The second kappa shape index (κ2) is 7.28. The van der Waals surface area contributed by atoms with Gasteiger partial charge in [0.2, 0.25) is 0 Å².